The van der Waals surface area contributed by atoms with Crippen molar-refractivity contribution in [2.45, 2.75) is 0 Å². The Bertz CT molecular complexity index is 475. The third kappa shape index (κ3) is 1.47. The minimum Gasteiger partial charge on any atom is -0.507 e. The van der Waals surface area contributed by atoms with Gasteiger partial charge < -0.3 is 5.11 Å². The third-order valence-corrected chi connectivity index (χ3v) is 2.66. The summed E-state index contributed by atoms with van der Waals surface area (Å²) in [6, 6.07) is 3.23. The van der Waals surface area contributed by atoms with E-state index >= 15 is 0 Å². The van der Waals surface area contributed by atoms with Crippen molar-refractivity contribution in [2.24, 2.45) is 0 Å². The van der Waals surface area contributed by atoms with Crippen LogP contribution in [0.1, 0.15) is 0 Å². The van der Waals surface area contributed by atoms with Gasteiger partial charge in [0.1, 0.15) is 5.75 Å². The van der Waals surface area contributed by atoms with Gasteiger partial charge in [0.15, 0.2) is 0 Å². The summed E-state index contributed by atoms with van der Waals surface area (Å²) in [7, 11) is 0. The van der Waals surface area contributed by atoms with Gasteiger partial charge in [0.05, 0.1) is 9.99 Å². The normalized spacial score (nSPS) is 10.6. The molecule has 1 N–H and O–H groups in total. The number of halogens is 2. The van der Waals surface area contributed by atoms with Crippen LogP contribution in [0.4, 0.5) is 0 Å². The minimum absolute atomic E-state index is 0.165. The van der Waals surface area contributed by atoms with Crippen molar-refractivity contribution in [1.82, 2.24) is 9.97 Å². The Morgan fingerprint density at radius 1 is 1.38 bits per heavy atom. The molecule has 0 amide bonds. The van der Waals surface area contributed by atoms with E-state index in [1.807, 2.05) is 0 Å². The van der Waals surface area contributed by atoms with E-state index < -0.39 is 0 Å². The van der Waals surface area contributed by atoms with Crippen LogP contribution in [0.5, 0.6) is 5.75 Å². The minimum atomic E-state index is 0.165. The summed E-state index contributed by atoms with van der Waals surface area (Å²) in [5.74, 6) is 0.165. The van der Waals surface area contributed by atoms with E-state index in [2.05, 4.69) is 25.9 Å². The van der Waals surface area contributed by atoms with E-state index in [1.54, 1.807) is 18.3 Å². The summed E-state index contributed by atoms with van der Waals surface area (Å²) in [5, 5.41) is 10.3. The first-order valence-electron chi connectivity index (χ1n) is 3.48. The molecular weight excluding hydrogens is 255 g/mol. The smallest absolute Gasteiger partial charge is 0.222 e. The second kappa shape index (κ2) is 3.12. The first kappa shape index (κ1) is 8.72. The molecule has 2 rings (SSSR count). The Morgan fingerprint density at radius 2 is 2.15 bits per heavy atom. The molecule has 0 fully saturated rings. The summed E-state index contributed by atoms with van der Waals surface area (Å²) in [4.78, 5) is 7.81. The van der Waals surface area contributed by atoms with Crippen LogP contribution in [0.2, 0.25) is 5.28 Å². The van der Waals surface area contributed by atoms with Gasteiger partial charge in [-0.25, -0.2) is 9.97 Å². The van der Waals surface area contributed by atoms with Gasteiger partial charge >= 0.3 is 0 Å². The largest absolute Gasteiger partial charge is 0.507 e. The summed E-state index contributed by atoms with van der Waals surface area (Å²) in [5.41, 5.74) is 0.699. The first-order valence-corrected chi connectivity index (χ1v) is 4.65. The molecule has 0 bridgehead atoms. The first-order chi connectivity index (χ1) is 6.18. The molecule has 0 saturated carbocycles. The second-order valence-corrected chi connectivity index (χ2v) is 3.60. The van der Waals surface area contributed by atoms with Crippen LogP contribution in [0.25, 0.3) is 10.9 Å². The predicted octanol–water partition coefficient (Wildman–Crippen LogP) is 2.75. The highest BCUT2D eigenvalue weighted by Crippen LogP contribution is 2.30. The number of aromatic hydroxyl groups is 1. The summed E-state index contributed by atoms with van der Waals surface area (Å²) >= 11 is 8.84. The monoisotopic (exact) mass is 258 g/mol. The van der Waals surface area contributed by atoms with Gasteiger partial charge in [-0.3, -0.25) is 0 Å². The lowest BCUT2D eigenvalue weighted by atomic mass is 10.2. The fourth-order valence-corrected chi connectivity index (χ4v) is 1.62. The lowest BCUT2D eigenvalue weighted by Gasteiger charge is -2.01. The molecule has 0 unspecified atom stereocenters. The number of aromatic nitrogens is 2. The highest BCUT2D eigenvalue weighted by atomic mass is 79.9. The molecule has 0 aliphatic rings. The van der Waals surface area contributed by atoms with E-state index in [0.717, 1.165) is 5.39 Å². The number of fused-ring (bicyclic) bond motifs is 1. The molecule has 1 aromatic carbocycles. The van der Waals surface area contributed by atoms with Crippen LogP contribution in [-0.2, 0) is 0 Å². The maximum atomic E-state index is 9.35. The van der Waals surface area contributed by atoms with Crippen molar-refractivity contribution < 1.29 is 5.11 Å². The average Bonchev–Trinajstić information content (AvgIpc) is 2.12. The van der Waals surface area contributed by atoms with E-state index in [1.165, 1.54) is 0 Å². The van der Waals surface area contributed by atoms with Gasteiger partial charge in [-0.05, 0) is 39.7 Å². The molecule has 0 spiro atoms. The average molecular weight is 259 g/mol. The molecule has 0 aliphatic carbocycles. The number of rotatable bonds is 0. The molecule has 0 aliphatic heterocycles. The molecule has 1 aromatic heterocycles. The van der Waals surface area contributed by atoms with Gasteiger partial charge in [0.2, 0.25) is 5.28 Å². The number of hydrogen-bond donors (Lipinski definition) is 1. The molecule has 0 atom stereocenters. The van der Waals surface area contributed by atoms with Gasteiger partial charge in [0, 0.05) is 11.6 Å². The van der Waals surface area contributed by atoms with Crippen molar-refractivity contribution in [1.29, 1.82) is 0 Å². The molecule has 5 heteroatoms. The number of benzene rings is 1. The predicted molar refractivity (Wildman–Crippen MR) is 53.9 cm³/mol. The molecule has 3 nitrogen and oxygen atoms in total. The zero-order valence-electron chi connectivity index (χ0n) is 6.33. The van der Waals surface area contributed by atoms with Crippen molar-refractivity contribution in [3.63, 3.8) is 0 Å². The highest BCUT2D eigenvalue weighted by molar-refractivity contribution is 9.10. The van der Waals surface area contributed by atoms with Gasteiger partial charge in [0.25, 0.3) is 0 Å². The van der Waals surface area contributed by atoms with Crippen LogP contribution in [0.15, 0.2) is 22.8 Å². The fraction of sp³-hybridized carbons (Fsp3) is 0. The summed E-state index contributed by atoms with van der Waals surface area (Å²) in [6.45, 7) is 0. The van der Waals surface area contributed by atoms with Crippen molar-refractivity contribution in [3.05, 3.63) is 28.1 Å². The third-order valence-electron chi connectivity index (χ3n) is 1.65. The summed E-state index contributed by atoms with van der Waals surface area (Å²) in [6.07, 6.45) is 1.56. The van der Waals surface area contributed by atoms with Crippen molar-refractivity contribution >= 4 is 38.4 Å². The van der Waals surface area contributed by atoms with Gasteiger partial charge in [-0.15, -0.1) is 0 Å². The Kier molecular flexibility index (Phi) is 2.09. The highest BCUT2D eigenvalue weighted by Gasteiger charge is 2.05. The Balaban J connectivity index is 2.87. The molecule has 0 saturated heterocycles. The Hall–Kier alpha value is -0.870. The van der Waals surface area contributed by atoms with Crippen LogP contribution in [-0.4, -0.2) is 15.1 Å². The zero-order chi connectivity index (χ0) is 9.42. The van der Waals surface area contributed by atoms with E-state index in [9.17, 15) is 5.11 Å². The molecule has 2 aromatic rings. The standard InChI is InChI=1S/C8H4BrClN2O/c9-7-4-3-11-8(10)12-5(4)1-2-6(7)13/h1-3,13H. The number of nitrogens with zero attached hydrogens (tertiary/aromatic N) is 2. The van der Waals surface area contributed by atoms with E-state index in [4.69, 9.17) is 11.6 Å². The van der Waals surface area contributed by atoms with Crippen LogP contribution >= 0.6 is 27.5 Å². The van der Waals surface area contributed by atoms with Gasteiger partial charge in [-0.1, -0.05) is 0 Å². The topological polar surface area (TPSA) is 46.0 Å². The maximum Gasteiger partial charge on any atom is 0.222 e. The quantitative estimate of drug-likeness (QED) is 0.740. The van der Waals surface area contributed by atoms with Gasteiger partial charge in [-0.2, -0.15) is 0 Å². The Morgan fingerprint density at radius 3 is 2.92 bits per heavy atom. The molecule has 0 radical (unpaired) electrons. The number of hydrogen-bond acceptors (Lipinski definition) is 3. The summed E-state index contributed by atoms with van der Waals surface area (Å²) < 4.78 is 0.585. The maximum absolute atomic E-state index is 9.35. The Labute approximate surface area is 87.5 Å². The lowest BCUT2D eigenvalue weighted by molar-refractivity contribution is 0.473. The van der Waals surface area contributed by atoms with Crippen LogP contribution in [0, 0.1) is 0 Å². The van der Waals surface area contributed by atoms with Crippen LogP contribution in [0.3, 0.4) is 0 Å². The number of phenols is 1. The second-order valence-electron chi connectivity index (χ2n) is 2.47. The fourth-order valence-electron chi connectivity index (χ4n) is 1.04. The SMILES string of the molecule is Oc1ccc2nc(Cl)ncc2c1Br. The molecule has 1 heterocycles. The number of phenolic OH excluding ortho intramolecular Hbond substituents is 1. The van der Waals surface area contributed by atoms with Crippen molar-refractivity contribution in [2.75, 3.05) is 0 Å². The van der Waals surface area contributed by atoms with E-state index in [0.29, 0.717) is 9.99 Å². The molecule has 66 valence electrons. The van der Waals surface area contributed by atoms with Crippen molar-refractivity contribution in [3.8, 4) is 5.75 Å². The zero-order valence-corrected chi connectivity index (χ0v) is 8.67. The molecular formula is C8H4BrClN2O. The van der Waals surface area contributed by atoms with Crippen LogP contribution < -0.4 is 0 Å². The van der Waals surface area contributed by atoms with E-state index in [-0.39, 0.29) is 11.0 Å². The molecule has 13 heavy (non-hydrogen) atoms. The lowest BCUT2D eigenvalue weighted by Crippen LogP contribution is -1.84.